The van der Waals surface area contributed by atoms with E-state index >= 15 is 0 Å². The Hall–Kier alpha value is -2.97. The first-order valence-electron chi connectivity index (χ1n) is 9.46. The van der Waals surface area contributed by atoms with E-state index < -0.39 is 19.2 Å². The second-order valence-electron chi connectivity index (χ2n) is 7.19. The number of rotatable bonds is 9. The third-order valence-electron chi connectivity index (χ3n) is 4.15. The lowest BCUT2D eigenvalue weighted by Gasteiger charge is -2.10. The van der Waals surface area contributed by atoms with Gasteiger partial charge in [-0.1, -0.05) is 19.9 Å². The molecule has 0 radical (unpaired) electrons. The minimum atomic E-state index is -4.28. The fraction of sp³-hybridized carbons (Fsp3) is 0.429. The van der Waals surface area contributed by atoms with Gasteiger partial charge in [-0.2, -0.15) is 13.2 Å². The number of nitrogens with zero attached hydrogens (tertiary/aromatic N) is 2. The van der Waals surface area contributed by atoms with E-state index in [1.54, 1.807) is 25.1 Å². The van der Waals surface area contributed by atoms with Crippen molar-refractivity contribution >= 4 is 11.7 Å². The molecule has 0 saturated heterocycles. The Balaban J connectivity index is 1.92. The van der Waals surface area contributed by atoms with Crippen LogP contribution in [0.5, 0.6) is 5.88 Å². The lowest BCUT2D eigenvalue weighted by atomic mass is 10.0. The number of carbonyl (C=O) groups excluding carboxylic acids is 2. The van der Waals surface area contributed by atoms with E-state index in [1.165, 1.54) is 12.3 Å². The van der Waals surface area contributed by atoms with Crippen LogP contribution in [-0.4, -0.2) is 34.4 Å². The molecule has 0 aromatic carbocycles. The van der Waals surface area contributed by atoms with Gasteiger partial charge >= 0.3 is 6.18 Å². The van der Waals surface area contributed by atoms with Crippen molar-refractivity contribution < 1.29 is 27.5 Å². The molecule has 30 heavy (non-hydrogen) atoms. The molecule has 0 bridgehead atoms. The largest absolute Gasteiger partial charge is 0.477 e. The van der Waals surface area contributed by atoms with Crippen LogP contribution in [0.1, 0.15) is 47.6 Å². The standard InChI is InChI=1S/C21H24F3N3O3/c1-13(2)18(28)10-17-9-16(8-14(3)27-17)20(29)26-12-15-4-5-19(25-11-15)30-7-6-21(22,23)24/h4-5,8-9,11,13H,6-7,10,12H2,1-3H3,(H,26,29). The molecule has 0 saturated carbocycles. The monoisotopic (exact) mass is 423 g/mol. The maximum Gasteiger partial charge on any atom is 0.392 e. The molecule has 2 aromatic heterocycles. The molecule has 0 aliphatic heterocycles. The average molecular weight is 423 g/mol. The number of pyridine rings is 2. The predicted octanol–water partition coefficient (Wildman–Crippen LogP) is 3.81. The smallest absolute Gasteiger partial charge is 0.392 e. The highest BCUT2D eigenvalue weighted by Crippen LogP contribution is 2.19. The number of aryl methyl sites for hydroxylation is 1. The SMILES string of the molecule is Cc1cc(C(=O)NCc2ccc(OCCC(F)(F)F)nc2)cc(CC(=O)C(C)C)n1. The van der Waals surface area contributed by atoms with Gasteiger partial charge in [-0.3, -0.25) is 14.6 Å². The topological polar surface area (TPSA) is 81.2 Å². The van der Waals surface area contributed by atoms with Crippen molar-refractivity contribution in [2.24, 2.45) is 5.92 Å². The summed E-state index contributed by atoms with van der Waals surface area (Å²) in [6, 6.07) is 6.29. The predicted molar refractivity (Wildman–Crippen MR) is 104 cm³/mol. The Morgan fingerprint density at radius 3 is 2.53 bits per heavy atom. The van der Waals surface area contributed by atoms with Crippen LogP contribution in [0.15, 0.2) is 30.5 Å². The van der Waals surface area contributed by atoms with E-state index in [1.807, 2.05) is 13.8 Å². The number of ether oxygens (including phenoxy) is 1. The zero-order chi connectivity index (χ0) is 22.3. The van der Waals surface area contributed by atoms with Crippen LogP contribution >= 0.6 is 0 Å². The van der Waals surface area contributed by atoms with Crippen molar-refractivity contribution in [3.63, 3.8) is 0 Å². The Kier molecular flexibility index (Phi) is 7.91. The lowest BCUT2D eigenvalue weighted by molar-refractivity contribution is -0.139. The Bertz CT molecular complexity index is 881. The molecule has 2 aromatic rings. The molecule has 1 amide bonds. The van der Waals surface area contributed by atoms with Gasteiger partial charge in [-0.25, -0.2) is 4.98 Å². The molecular formula is C21H24F3N3O3. The second kappa shape index (κ2) is 10.2. The maximum absolute atomic E-state index is 12.5. The fourth-order valence-corrected chi connectivity index (χ4v) is 2.50. The average Bonchev–Trinajstić information content (AvgIpc) is 2.65. The molecule has 162 valence electrons. The first-order valence-corrected chi connectivity index (χ1v) is 9.46. The van der Waals surface area contributed by atoms with E-state index in [-0.39, 0.29) is 36.5 Å². The number of hydrogen-bond donors (Lipinski definition) is 1. The molecule has 0 aliphatic rings. The zero-order valence-electron chi connectivity index (χ0n) is 17.0. The molecule has 0 spiro atoms. The summed E-state index contributed by atoms with van der Waals surface area (Å²) in [6.45, 7) is 5.05. The molecule has 0 fully saturated rings. The molecule has 6 nitrogen and oxygen atoms in total. The highest BCUT2D eigenvalue weighted by Gasteiger charge is 2.26. The van der Waals surface area contributed by atoms with Gasteiger partial charge in [0.2, 0.25) is 5.88 Å². The van der Waals surface area contributed by atoms with Gasteiger partial charge in [-0.05, 0) is 24.6 Å². The summed E-state index contributed by atoms with van der Waals surface area (Å²) in [4.78, 5) is 32.7. The molecule has 9 heteroatoms. The molecule has 2 rings (SSSR count). The minimum absolute atomic E-state index is 0.0445. The molecule has 2 heterocycles. The van der Waals surface area contributed by atoms with Crippen LogP contribution in [0.3, 0.4) is 0 Å². The highest BCUT2D eigenvalue weighted by atomic mass is 19.4. The Morgan fingerprint density at radius 2 is 1.93 bits per heavy atom. The highest BCUT2D eigenvalue weighted by molar-refractivity contribution is 5.94. The first-order chi connectivity index (χ1) is 14.0. The summed E-state index contributed by atoms with van der Waals surface area (Å²) in [5.74, 6) is -0.316. The third kappa shape index (κ3) is 7.81. The van der Waals surface area contributed by atoms with Crippen LogP contribution in [0.4, 0.5) is 13.2 Å². The number of Topliss-reactive ketones (excluding diaryl/α,β-unsaturated/α-hetero) is 1. The van der Waals surface area contributed by atoms with E-state index in [0.717, 1.165) is 0 Å². The Labute approximate surface area is 172 Å². The van der Waals surface area contributed by atoms with Crippen LogP contribution in [0, 0.1) is 12.8 Å². The maximum atomic E-state index is 12.5. The minimum Gasteiger partial charge on any atom is -0.477 e. The van der Waals surface area contributed by atoms with E-state index in [9.17, 15) is 22.8 Å². The number of aromatic nitrogens is 2. The molecule has 0 atom stereocenters. The quantitative estimate of drug-likeness (QED) is 0.663. The van der Waals surface area contributed by atoms with Gasteiger partial charge in [0.05, 0.1) is 13.0 Å². The zero-order valence-corrected chi connectivity index (χ0v) is 17.0. The van der Waals surface area contributed by atoms with E-state index in [0.29, 0.717) is 22.5 Å². The molecule has 0 aliphatic carbocycles. The molecule has 0 unspecified atom stereocenters. The van der Waals surface area contributed by atoms with Crippen LogP contribution < -0.4 is 10.1 Å². The number of ketones is 1. The van der Waals surface area contributed by atoms with Crippen LogP contribution in [0.25, 0.3) is 0 Å². The van der Waals surface area contributed by atoms with E-state index in [4.69, 9.17) is 4.74 Å². The summed E-state index contributed by atoms with van der Waals surface area (Å²) >= 11 is 0. The number of halogens is 3. The van der Waals surface area contributed by atoms with Crippen molar-refractivity contribution in [2.75, 3.05) is 6.61 Å². The first kappa shape index (κ1) is 23.3. The van der Waals surface area contributed by atoms with Gasteiger partial charge < -0.3 is 10.1 Å². The van der Waals surface area contributed by atoms with Crippen molar-refractivity contribution in [1.82, 2.24) is 15.3 Å². The lowest BCUT2D eigenvalue weighted by Crippen LogP contribution is -2.23. The summed E-state index contributed by atoms with van der Waals surface area (Å²) in [5, 5.41) is 2.75. The number of hydrogen-bond acceptors (Lipinski definition) is 5. The van der Waals surface area contributed by atoms with Crippen molar-refractivity contribution in [1.29, 1.82) is 0 Å². The molecular weight excluding hydrogens is 399 g/mol. The summed E-state index contributed by atoms with van der Waals surface area (Å²) in [6.07, 6.45) is -3.74. The van der Waals surface area contributed by atoms with Crippen LogP contribution in [0.2, 0.25) is 0 Å². The summed E-state index contributed by atoms with van der Waals surface area (Å²) in [7, 11) is 0. The van der Waals surface area contributed by atoms with Gasteiger partial charge in [0, 0.05) is 48.1 Å². The van der Waals surface area contributed by atoms with E-state index in [2.05, 4.69) is 15.3 Å². The number of carbonyl (C=O) groups is 2. The Morgan fingerprint density at radius 1 is 1.20 bits per heavy atom. The molecule has 1 N–H and O–H groups in total. The van der Waals surface area contributed by atoms with Gasteiger partial charge in [-0.15, -0.1) is 0 Å². The summed E-state index contributed by atoms with van der Waals surface area (Å²) < 4.78 is 41.3. The summed E-state index contributed by atoms with van der Waals surface area (Å²) in [5.41, 5.74) is 2.23. The number of alkyl halides is 3. The second-order valence-corrected chi connectivity index (χ2v) is 7.19. The van der Waals surface area contributed by atoms with Crippen LogP contribution in [-0.2, 0) is 17.8 Å². The third-order valence-corrected chi connectivity index (χ3v) is 4.15. The van der Waals surface area contributed by atoms with Crippen molar-refractivity contribution in [3.8, 4) is 5.88 Å². The van der Waals surface area contributed by atoms with Crippen molar-refractivity contribution in [3.05, 3.63) is 53.0 Å². The number of nitrogens with one attached hydrogen (secondary N) is 1. The van der Waals surface area contributed by atoms with Gasteiger partial charge in [0.1, 0.15) is 5.78 Å². The fourth-order valence-electron chi connectivity index (χ4n) is 2.50. The van der Waals surface area contributed by atoms with Gasteiger partial charge in [0.25, 0.3) is 5.91 Å². The van der Waals surface area contributed by atoms with Crippen molar-refractivity contribution in [2.45, 2.75) is 46.3 Å². The normalized spacial score (nSPS) is 11.4. The number of amides is 1. The van der Waals surface area contributed by atoms with Gasteiger partial charge in [0.15, 0.2) is 0 Å².